The van der Waals surface area contributed by atoms with E-state index >= 15 is 0 Å². The standard InChI is InChI=1S/C15H19BrN4O2/c16-12-6-3-10(14-19-20-15(21)22-14)7-13(12)18-8-9-1-4-11(17)5-2-9/h3,6-7,9,11,18H,1-2,4-5,8,17H2,(H,20,21). The molecule has 1 heterocycles. The van der Waals surface area contributed by atoms with Crippen LogP contribution in [0.25, 0.3) is 11.5 Å². The number of aromatic amines is 1. The highest BCUT2D eigenvalue weighted by Crippen LogP contribution is 2.29. The van der Waals surface area contributed by atoms with Crippen LogP contribution in [0.2, 0.25) is 0 Å². The monoisotopic (exact) mass is 366 g/mol. The number of H-pyrrole nitrogens is 1. The first-order valence-corrected chi connectivity index (χ1v) is 8.26. The van der Waals surface area contributed by atoms with Crippen LogP contribution in [-0.4, -0.2) is 22.8 Å². The second-order valence-corrected chi connectivity index (χ2v) is 6.63. The van der Waals surface area contributed by atoms with E-state index in [0.29, 0.717) is 17.9 Å². The molecular formula is C15H19BrN4O2. The molecule has 1 aromatic heterocycles. The molecule has 118 valence electrons. The van der Waals surface area contributed by atoms with Crippen LogP contribution in [0.4, 0.5) is 5.69 Å². The topological polar surface area (TPSA) is 96.9 Å². The van der Waals surface area contributed by atoms with Crippen molar-refractivity contribution in [1.29, 1.82) is 0 Å². The summed E-state index contributed by atoms with van der Waals surface area (Å²) < 4.78 is 5.97. The Bertz CT molecular complexity index is 689. The number of nitrogens with two attached hydrogens (primary N) is 1. The average Bonchev–Trinajstić information content (AvgIpc) is 2.95. The van der Waals surface area contributed by atoms with Gasteiger partial charge in [-0.15, -0.1) is 5.10 Å². The van der Waals surface area contributed by atoms with Crippen molar-refractivity contribution in [2.24, 2.45) is 11.7 Å². The summed E-state index contributed by atoms with van der Waals surface area (Å²) in [5, 5.41) is 9.60. The first-order chi connectivity index (χ1) is 10.6. The zero-order valence-corrected chi connectivity index (χ0v) is 13.7. The lowest BCUT2D eigenvalue weighted by molar-refractivity contribution is 0.339. The van der Waals surface area contributed by atoms with Gasteiger partial charge in [-0.3, -0.25) is 0 Å². The Morgan fingerprint density at radius 1 is 1.36 bits per heavy atom. The molecule has 3 rings (SSSR count). The minimum atomic E-state index is -0.550. The zero-order chi connectivity index (χ0) is 15.5. The van der Waals surface area contributed by atoms with E-state index < -0.39 is 5.76 Å². The maximum atomic E-state index is 11.1. The molecule has 0 amide bonds. The van der Waals surface area contributed by atoms with Gasteiger partial charge in [-0.25, -0.2) is 9.89 Å². The molecule has 1 aliphatic rings. The summed E-state index contributed by atoms with van der Waals surface area (Å²) in [5.41, 5.74) is 7.67. The first-order valence-electron chi connectivity index (χ1n) is 7.46. The van der Waals surface area contributed by atoms with Crippen molar-refractivity contribution in [3.05, 3.63) is 33.2 Å². The molecule has 22 heavy (non-hydrogen) atoms. The number of aromatic nitrogens is 2. The van der Waals surface area contributed by atoms with Crippen molar-refractivity contribution < 1.29 is 4.42 Å². The van der Waals surface area contributed by atoms with Crippen molar-refractivity contribution in [2.45, 2.75) is 31.7 Å². The number of benzene rings is 1. The highest BCUT2D eigenvalue weighted by Gasteiger charge is 2.18. The number of rotatable bonds is 4. The van der Waals surface area contributed by atoms with E-state index in [2.05, 4.69) is 31.4 Å². The maximum Gasteiger partial charge on any atom is 0.434 e. The minimum absolute atomic E-state index is 0.296. The third kappa shape index (κ3) is 3.59. The Labute approximate surface area is 136 Å². The van der Waals surface area contributed by atoms with E-state index in [1.807, 2.05) is 18.2 Å². The second-order valence-electron chi connectivity index (χ2n) is 5.77. The number of halogens is 1. The molecule has 0 saturated heterocycles. The summed E-state index contributed by atoms with van der Waals surface area (Å²) in [6.07, 6.45) is 4.54. The van der Waals surface area contributed by atoms with E-state index in [9.17, 15) is 4.79 Å². The molecule has 1 fully saturated rings. The minimum Gasteiger partial charge on any atom is -0.388 e. The van der Waals surface area contributed by atoms with Crippen molar-refractivity contribution in [3.8, 4) is 11.5 Å². The summed E-state index contributed by atoms with van der Waals surface area (Å²) in [6.45, 7) is 0.916. The highest BCUT2D eigenvalue weighted by molar-refractivity contribution is 9.10. The molecular weight excluding hydrogens is 348 g/mol. The van der Waals surface area contributed by atoms with Gasteiger partial charge in [0.1, 0.15) is 0 Å². The Kier molecular flexibility index (Phi) is 4.63. The van der Waals surface area contributed by atoms with E-state index in [0.717, 1.165) is 35.1 Å². The number of hydrogen-bond acceptors (Lipinski definition) is 5. The van der Waals surface area contributed by atoms with Crippen molar-refractivity contribution in [3.63, 3.8) is 0 Å². The van der Waals surface area contributed by atoms with Crippen molar-refractivity contribution >= 4 is 21.6 Å². The van der Waals surface area contributed by atoms with Crippen LogP contribution in [-0.2, 0) is 0 Å². The van der Waals surface area contributed by atoms with Crippen LogP contribution >= 0.6 is 15.9 Å². The van der Waals surface area contributed by atoms with Crippen LogP contribution in [0.5, 0.6) is 0 Å². The molecule has 0 unspecified atom stereocenters. The fourth-order valence-corrected chi connectivity index (χ4v) is 3.18. The molecule has 6 nitrogen and oxygen atoms in total. The third-order valence-electron chi connectivity index (χ3n) is 4.12. The maximum absolute atomic E-state index is 11.1. The molecule has 2 aromatic rings. The predicted octanol–water partition coefficient (Wildman–Crippen LogP) is 2.72. The Hall–Kier alpha value is -1.60. The Morgan fingerprint density at radius 3 is 2.82 bits per heavy atom. The fraction of sp³-hybridized carbons (Fsp3) is 0.467. The van der Waals surface area contributed by atoms with E-state index in [4.69, 9.17) is 10.2 Å². The molecule has 0 spiro atoms. The summed E-state index contributed by atoms with van der Waals surface area (Å²) >= 11 is 3.54. The van der Waals surface area contributed by atoms with Gasteiger partial charge in [0, 0.05) is 28.3 Å². The van der Waals surface area contributed by atoms with Crippen LogP contribution in [0.1, 0.15) is 25.7 Å². The SMILES string of the molecule is NC1CCC(CNc2cc(-c3n[nH]c(=O)o3)ccc2Br)CC1. The number of nitrogens with one attached hydrogen (secondary N) is 2. The van der Waals surface area contributed by atoms with Crippen molar-refractivity contribution in [2.75, 3.05) is 11.9 Å². The van der Waals surface area contributed by atoms with Crippen molar-refractivity contribution in [1.82, 2.24) is 10.2 Å². The van der Waals surface area contributed by atoms with Gasteiger partial charge >= 0.3 is 5.76 Å². The van der Waals surface area contributed by atoms with Gasteiger partial charge < -0.3 is 15.5 Å². The Morgan fingerprint density at radius 2 is 2.14 bits per heavy atom. The smallest absolute Gasteiger partial charge is 0.388 e. The molecule has 1 saturated carbocycles. The molecule has 7 heteroatoms. The number of nitrogens with zero attached hydrogens (tertiary/aromatic N) is 1. The fourth-order valence-electron chi connectivity index (χ4n) is 2.79. The van der Waals surface area contributed by atoms with Crippen LogP contribution in [0.15, 0.2) is 31.9 Å². The molecule has 1 aliphatic carbocycles. The summed E-state index contributed by atoms with van der Waals surface area (Å²) in [5.74, 6) is 0.397. The van der Waals surface area contributed by atoms with Crippen LogP contribution < -0.4 is 16.8 Å². The quantitative estimate of drug-likeness (QED) is 0.772. The van der Waals surface area contributed by atoms with Gasteiger partial charge in [0.2, 0.25) is 5.89 Å². The zero-order valence-electron chi connectivity index (χ0n) is 12.1. The summed E-state index contributed by atoms with van der Waals surface area (Å²) in [6, 6.07) is 6.07. The Balaban J connectivity index is 1.69. The highest BCUT2D eigenvalue weighted by atomic mass is 79.9. The third-order valence-corrected chi connectivity index (χ3v) is 4.82. The van der Waals surface area contributed by atoms with E-state index in [1.54, 1.807) is 0 Å². The van der Waals surface area contributed by atoms with Gasteiger partial charge in [0.05, 0.1) is 0 Å². The molecule has 0 radical (unpaired) electrons. The van der Waals surface area contributed by atoms with Crippen LogP contribution in [0, 0.1) is 5.92 Å². The normalized spacial score (nSPS) is 21.7. The van der Waals surface area contributed by atoms with Gasteiger partial charge in [-0.2, -0.15) is 0 Å². The van der Waals surface area contributed by atoms with E-state index in [-0.39, 0.29) is 0 Å². The molecule has 0 bridgehead atoms. The van der Waals surface area contributed by atoms with Crippen LogP contribution in [0.3, 0.4) is 0 Å². The van der Waals surface area contributed by atoms with Gasteiger partial charge in [0.15, 0.2) is 0 Å². The van der Waals surface area contributed by atoms with Gasteiger partial charge in [0.25, 0.3) is 0 Å². The predicted molar refractivity (Wildman–Crippen MR) is 88.7 cm³/mol. The average molecular weight is 367 g/mol. The van der Waals surface area contributed by atoms with E-state index in [1.165, 1.54) is 12.8 Å². The summed E-state index contributed by atoms with van der Waals surface area (Å²) in [4.78, 5) is 11.1. The molecule has 0 aliphatic heterocycles. The lowest BCUT2D eigenvalue weighted by Gasteiger charge is -2.26. The largest absolute Gasteiger partial charge is 0.434 e. The van der Waals surface area contributed by atoms with Gasteiger partial charge in [-0.05, 0) is 65.7 Å². The first kappa shape index (κ1) is 15.3. The lowest BCUT2D eigenvalue weighted by atomic mass is 9.86. The van der Waals surface area contributed by atoms with Gasteiger partial charge in [-0.1, -0.05) is 0 Å². The number of hydrogen-bond donors (Lipinski definition) is 3. The number of anilines is 1. The second kappa shape index (κ2) is 6.66. The lowest BCUT2D eigenvalue weighted by Crippen LogP contribution is -2.29. The summed E-state index contributed by atoms with van der Waals surface area (Å²) in [7, 11) is 0. The molecule has 1 aromatic carbocycles. The molecule has 4 N–H and O–H groups in total. The molecule has 0 atom stereocenters.